The number of aromatic nitrogens is 3. The van der Waals surface area contributed by atoms with Crippen LogP contribution in [0.5, 0.6) is 0 Å². The third-order valence-corrected chi connectivity index (χ3v) is 16.9. The molecule has 1 aromatic carbocycles. The Morgan fingerprint density at radius 1 is 0.932 bits per heavy atom. The number of likely N-dealkylation sites (tertiary alicyclic amines) is 1. The molecule has 0 radical (unpaired) electrons. The van der Waals surface area contributed by atoms with Gasteiger partial charge in [-0.15, -0.1) is 5.10 Å². The number of hydrogen-bond acceptors (Lipinski definition) is 19. The Labute approximate surface area is 436 Å². The number of nitro benzene ring substituents is 1. The smallest absolute Gasteiger partial charge is 0.311 e. The molecule has 0 bridgehead atoms. The molecule has 0 aliphatic carbocycles. The van der Waals surface area contributed by atoms with Gasteiger partial charge in [-0.1, -0.05) is 45.0 Å². The molecule has 0 spiro atoms. The Kier molecular flexibility index (Phi) is 20.0. The van der Waals surface area contributed by atoms with Gasteiger partial charge in [0, 0.05) is 88.8 Å². The van der Waals surface area contributed by atoms with E-state index in [0.717, 1.165) is 37.2 Å². The van der Waals surface area contributed by atoms with Crippen LogP contribution in [0.4, 0.5) is 5.69 Å². The number of likely N-dealkylation sites (N-methyl/N-ethyl adjacent to an activating group) is 1. The second kappa shape index (κ2) is 24.8. The molecule has 5 heterocycles. The van der Waals surface area contributed by atoms with Gasteiger partial charge in [0.05, 0.1) is 64.3 Å². The van der Waals surface area contributed by atoms with E-state index in [-0.39, 0.29) is 42.9 Å². The summed E-state index contributed by atoms with van der Waals surface area (Å²) in [6, 6.07) is 6.34. The van der Waals surface area contributed by atoms with E-state index in [1.807, 2.05) is 31.8 Å². The predicted molar refractivity (Wildman–Crippen MR) is 270 cm³/mol. The maximum Gasteiger partial charge on any atom is 0.311 e. The van der Waals surface area contributed by atoms with Crippen LogP contribution in [0, 0.1) is 33.8 Å². The van der Waals surface area contributed by atoms with Gasteiger partial charge in [0.1, 0.15) is 29.7 Å². The van der Waals surface area contributed by atoms with E-state index >= 15 is 0 Å². The van der Waals surface area contributed by atoms with Gasteiger partial charge in [0.15, 0.2) is 12.6 Å². The van der Waals surface area contributed by atoms with Crippen molar-refractivity contribution in [3.8, 4) is 0 Å². The van der Waals surface area contributed by atoms with E-state index in [1.54, 1.807) is 60.6 Å². The molecule has 74 heavy (non-hydrogen) atoms. The molecular formula is C53H86N6O15. The van der Waals surface area contributed by atoms with Crippen LogP contribution in [0.1, 0.15) is 125 Å². The number of cyclic esters (lactones) is 1. The number of nitrogens with zero attached hydrogens (tertiary/aromatic N) is 6. The summed E-state index contributed by atoms with van der Waals surface area (Å²) in [6.45, 7) is 19.9. The van der Waals surface area contributed by atoms with Crippen molar-refractivity contribution in [3.63, 3.8) is 0 Å². The lowest BCUT2D eigenvalue weighted by Gasteiger charge is -2.50. The molecular weight excluding hydrogens is 961 g/mol. The van der Waals surface area contributed by atoms with Gasteiger partial charge in [-0.2, -0.15) is 0 Å². The number of aliphatic hydroxyl groups is 4. The molecule has 21 nitrogen and oxygen atoms in total. The predicted octanol–water partition coefficient (Wildman–Crippen LogP) is 4.39. The molecule has 4 fully saturated rings. The van der Waals surface area contributed by atoms with Crippen molar-refractivity contribution in [1.82, 2.24) is 24.8 Å². The van der Waals surface area contributed by atoms with Gasteiger partial charge >= 0.3 is 5.97 Å². The third-order valence-electron chi connectivity index (χ3n) is 16.9. The van der Waals surface area contributed by atoms with Gasteiger partial charge in [-0.3, -0.25) is 24.6 Å². The van der Waals surface area contributed by atoms with E-state index in [1.165, 1.54) is 33.3 Å². The Balaban J connectivity index is 1.24. The molecule has 0 saturated carbocycles. The minimum Gasteiger partial charge on any atom is -0.459 e. The van der Waals surface area contributed by atoms with Crippen molar-refractivity contribution in [2.24, 2.45) is 23.7 Å². The van der Waals surface area contributed by atoms with Crippen LogP contribution in [0.3, 0.4) is 0 Å². The summed E-state index contributed by atoms with van der Waals surface area (Å²) >= 11 is 0. The molecule has 4 aliphatic rings. The maximum atomic E-state index is 14.5. The van der Waals surface area contributed by atoms with E-state index < -0.39 is 113 Å². The summed E-state index contributed by atoms with van der Waals surface area (Å²) in [4.78, 5) is 43.9. The van der Waals surface area contributed by atoms with E-state index in [4.69, 9.17) is 33.2 Å². The number of non-ortho nitro benzene ring substituents is 1. The zero-order valence-corrected chi connectivity index (χ0v) is 45.9. The summed E-state index contributed by atoms with van der Waals surface area (Å²) < 4.78 is 46.8. The number of carbonyl (C=O) groups excluding carboxylic acids is 2. The Hall–Kier alpha value is -3.58. The van der Waals surface area contributed by atoms with Crippen molar-refractivity contribution in [1.29, 1.82) is 0 Å². The number of ether oxygens (including phenoxy) is 7. The van der Waals surface area contributed by atoms with E-state index in [2.05, 4.69) is 20.1 Å². The van der Waals surface area contributed by atoms with Crippen LogP contribution in [0.2, 0.25) is 0 Å². The quantitative estimate of drug-likeness (QED) is 0.110. The van der Waals surface area contributed by atoms with Crippen LogP contribution in [0.15, 0.2) is 30.5 Å². The number of aliphatic hydroxyl groups excluding tert-OH is 3. The highest BCUT2D eigenvalue weighted by atomic mass is 16.7. The number of Topliss-reactive ketones (excluding diaryl/α,β-unsaturated/α-hetero) is 1. The van der Waals surface area contributed by atoms with Gasteiger partial charge in [-0.25, -0.2) is 4.68 Å². The van der Waals surface area contributed by atoms with Crippen molar-refractivity contribution in [2.45, 2.75) is 211 Å². The first kappa shape index (κ1) is 59.7. The van der Waals surface area contributed by atoms with Gasteiger partial charge in [0.25, 0.3) is 5.69 Å². The average Bonchev–Trinajstić information content (AvgIpc) is 3.86. The molecule has 4 saturated heterocycles. The largest absolute Gasteiger partial charge is 0.459 e. The zero-order chi connectivity index (χ0) is 54.6. The van der Waals surface area contributed by atoms with Crippen LogP contribution in [-0.4, -0.2) is 187 Å². The number of esters is 1. The molecule has 6 rings (SSSR count). The summed E-state index contributed by atoms with van der Waals surface area (Å²) in [5.41, 5.74) is -2.55. The van der Waals surface area contributed by atoms with E-state index in [0.29, 0.717) is 25.9 Å². The number of ketones is 1. The fourth-order valence-electron chi connectivity index (χ4n) is 11.9. The molecule has 0 unspecified atom stereocenters. The van der Waals surface area contributed by atoms with Crippen LogP contribution in [0.25, 0.3) is 0 Å². The molecule has 418 valence electrons. The molecule has 4 N–H and O–H groups in total. The number of piperidine rings is 1. The van der Waals surface area contributed by atoms with Crippen LogP contribution >= 0.6 is 0 Å². The first-order valence-corrected chi connectivity index (χ1v) is 26.6. The summed E-state index contributed by atoms with van der Waals surface area (Å²) in [6.07, 6.45) is -5.24. The highest BCUT2D eigenvalue weighted by Gasteiger charge is 2.54. The number of benzene rings is 1. The monoisotopic (exact) mass is 1050 g/mol. The first-order chi connectivity index (χ1) is 34.8. The van der Waals surface area contributed by atoms with Gasteiger partial charge in [0.2, 0.25) is 0 Å². The Morgan fingerprint density at radius 3 is 2.24 bits per heavy atom. The molecule has 2 aromatic rings. The van der Waals surface area contributed by atoms with Gasteiger partial charge in [-0.05, 0) is 92.8 Å². The summed E-state index contributed by atoms with van der Waals surface area (Å²) in [5.74, 6) is -4.76. The topological polar surface area (TPSA) is 260 Å². The Bertz CT molecular complexity index is 2170. The number of hydrogen-bond donors (Lipinski definition) is 4. The van der Waals surface area contributed by atoms with Crippen molar-refractivity contribution >= 4 is 17.4 Å². The number of carbonyl (C=O) groups is 2. The highest BCUT2D eigenvalue weighted by molar-refractivity contribution is 5.83. The highest BCUT2D eigenvalue weighted by Crippen LogP contribution is 2.42. The summed E-state index contributed by atoms with van der Waals surface area (Å²) in [7, 11) is 4.94. The molecule has 19 atom stereocenters. The maximum absolute atomic E-state index is 14.5. The van der Waals surface area contributed by atoms with Gasteiger partial charge < -0.3 is 58.5 Å². The fraction of sp³-hybridized carbons (Fsp3) is 0.811. The summed E-state index contributed by atoms with van der Waals surface area (Å²) in [5, 5.41) is 67.1. The molecule has 1 aromatic heterocycles. The van der Waals surface area contributed by atoms with Crippen molar-refractivity contribution < 1.29 is 68.1 Å². The lowest BCUT2D eigenvalue weighted by Crippen LogP contribution is -2.61. The first-order valence-electron chi connectivity index (χ1n) is 26.6. The zero-order valence-electron chi connectivity index (χ0n) is 45.9. The second-order valence-corrected chi connectivity index (χ2v) is 22.5. The minimum atomic E-state index is -2.01. The second-order valence-electron chi connectivity index (χ2n) is 22.5. The van der Waals surface area contributed by atoms with Crippen molar-refractivity contribution in [3.05, 3.63) is 51.8 Å². The average molecular weight is 1050 g/mol. The Morgan fingerprint density at radius 2 is 1.61 bits per heavy atom. The standard InChI is InChI=1S/C53H86N6O15/c1-14-41-53(10,65)46(62)32(4)43(60)30(2)25-52(9,69-13)48(33(5)45(34(6)49(64)72-41)73-42-26-51(8,68-12)47(63)35(7)71-42)74-50-44(61)40(24-31(3)70-50)56(11)23-21-37-28-58(55-54-37)39-16-15-22-57(29-39)27-36-17-19-38(20-18-36)59(66)67/h17-20,28,30-35,39-42,44-48,50,61-63,65H,14-16,21-27,29H2,1-13H3/t30-,31-,32+,33+,34-,35+,39+,40+,41-,42+,44-,45+,46-,47+,48-,50+,51-,52-,53-/m1/s1. The van der Waals surface area contributed by atoms with E-state index in [9.17, 15) is 40.1 Å². The fourth-order valence-corrected chi connectivity index (χ4v) is 11.9. The van der Waals surface area contributed by atoms with Crippen LogP contribution in [-0.2, 0) is 55.7 Å². The third kappa shape index (κ3) is 13.4. The molecule has 0 amide bonds. The normalized spacial score (nSPS) is 40.4. The van der Waals surface area contributed by atoms with Crippen LogP contribution < -0.4 is 0 Å². The lowest BCUT2D eigenvalue weighted by atomic mass is 9.74. The lowest BCUT2D eigenvalue weighted by molar-refractivity contribution is -0.384. The minimum absolute atomic E-state index is 0.0608. The number of nitro groups is 1. The molecule has 21 heteroatoms. The molecule has 4 aliphatic heterocycles. The number of rotatable bonds is 15. The van der Waals surface area contributed by atoms with Crippen molar-refractivity contribution in [2.75, 3.05) is 40.9 Å². The SMILES string of the molecule is CC[C@H]1OC(=O)[C@H](C)[C@@H](O[C@H]2C[C@@](C)(OC)[C@@H](O)[C@H](C)O2)[C@H](C)[C@@H](O[C@@H]2O[C@H](C)C[C@H](N(C)CCc3cn([C@H]4CCCN(Cc5ccc([N+](=O)[O-])cc5)C4)nn3)[C@H]2O)[C@](C)(OC)C[C@@H](C)C(=O)[C@H](C)[C@@H](O)[C@]1(C)O. The number of methoxy groups -OCH3 is 2.